The van der Waals surface area contributed by atoms with Crippen molar-refractivity contribution in [2.45, 2.75) is 18.9 Å². The summed E-state index contributed by atoms with van der Waals surface area (Å²) in [5.74, 6) is 5.04. The molecule has 112 valence electrons. The summed E-state index contributed by atoms with van der Waals surface area (Å²) < 4.78 is 4.88. The first-order chi connectivity index (χ1) is 9.41. The fourth-order valence-electron chi connectivity index (χ4n) is 1.47. The molecule has 1 unspecified atom stereocenters. The number of nitrogen functional groups attached to an aromatic ring is 1. The lowest BCUT2D eigenvalue weighted by Gasteiger charge is -2.23. The minimum absolute atomic E-state index is 0.0179. The van der Waals surface area contributed by atoms with Crippen LogP contribution < -0.4 is 16.6 Å². The summed E-state index contributed by atoms with van der Waals surface area (Å²) in [6.45, 7) is 2.03. The van der Waals surface area contributed by atoms with E-state index in [2.05, 4.69) is 20.7 Å². The van der Waals surface area contributed by atoms with E-state index in [9.17, 15) is 15.2 Å². The van der Waals surface area contributed by atoms with Gasteiger partial charge in [0, 0.05) is 26.7 Å². The van der Waals surface area contributed by atoms with E-state index in [1.54, 1.807) is 6.92 Å². The monoisotopic (exact) mass is 286 g/mol. The first-order valence-corrected chi connectivity index (χ1v) is 5.82. The lowest BCUT2D eigenvalue weighted by atomic mass is 10.0. The molecule has 0 fully saturated rings. The van der Waals surface area contributed by atoms with Crippen molar-refractivity contribution in [2.75, 3.05) is 31.0 Å². The van der Waals surface area contributed by atoms with Crippen LogP contribution >= 0.6 is 0 Å². The van der Waals surface area contributed by atoms with Gasteiger partial charge in [-0.25, -0.2) is 15.8 Å². The van der Waals surface area contributed by atoms with E-state index in [1.807, 2.05) is 0 Å². The van der Waals surface area contributed by atoms with Gasteiger partial charge in [-0.05, 0) is 6.92 Å². The summed E-state index contributed by atoms with van der Waals surface area (Å²) in [5, 5.41) is 23.8. The molecule has 1 aromatic heterocycles. The highest BCUT2D eigenvalue weighted by Crippen LogP contribution is 2.28. The molecule has 0 saturated carbocycles. The number of aliphatic hydroxyl groups is 1. The van der Waals surface area contributed by atoms with E-state index >= 15 is 0 Å². The highest BCUT2D eigenvalue weighted by Gasteiger charge is 2.25. The van der Waals surface area contributed by atoms with Crippen LogP contribution in [-0.4, -0.2) is 45.9 Å². The van der Waals surface area contributed by atoms with Crippen LogP contribution in [0.25, 0.3) is 0 Å². The summed E-state index contributed by atoms with van der Waals surface area (Å²) in [6, 6.07) is 0. The Hall–Kier alpha value is -2.04. The zero-order valence-electron chi connectivity index (χ0n) is 11.3. The topological polar surface area (TPSA) is 148 Å². The molecule has 10 heteroatoms. The van der Waals surface area contributed by atoms with E-state index in [4.69, 9.17) is 10.6 Å². The van der Waals surface area contributed by atoms with Crippen molar-refractivity contribution in [2.24, 2.45) is 5.84 Å². The van der Waals surface area contributed by atoms with Crippen LogP contribution in [-0.2, 0) is 4.74 Å². The molecule has 0 aromatic carbocycles. The van der Waals surface area contributed by atoms with Gasteiger partial charge in [0.25, 0.3) is 0 Å². The SMILES string of the molecule is COCCC(C)(O)CNc1ncnc(NN)c1[N+](=O)[O-]. The van der Waals surface area contributed by atoms with Gasteiger partial charge in [-0.15, -0.1) is 0 Å². The molecule has 0 aliphatic rings. The molecular formula is C10H18N6O4. The Morgan fingerprint density at radius 1 is 1.55 bits per heavy atom. The zero-order valence-corrected chi connectivity index (χ0v) is 11.3. The number of nitro groups is 1. The average Bonchev–Trinajstić information content (AvgIpc) is 2.42. The van der Waals surface area contributed by atoms with Crippen molar-refractivity contribution in [3.63, 3.8) is 0 Å². The molecule has 0 spiro atoms. The molecule has 20 heavy (non-hydrogen) atoms. The number of anilines is 2. The van der Waals surface area contributed by atoms with Gasteiger partial charge >= 0.3 is 5.69 Å². The summed E-state index contributed by atoms with van der Waals surface area (Å²) >= 11 is 0. The number of methoxy groups -OCH3 is 1. The molecular weight excluding hydrogens is 268 g/mol. The van der Waals surface area contributed by atoms with Crippen molar-refractivity contribution in [1.29, 1.82) is 0 Å². The molecule has 0 amide bonds. The smallest absolute Gasteiger partial charge is 0.354 e. The third-order valence-electron chi connectivity index (χ3n) is 2.62. The second-order valence-electron chi connectivity index (χ2n) is 4.41. The van der Waals surface area contributed by atoms with Crippen LogP contribution in [0.15, 0.2) is 6.33 Å². The fraction of sp³-hybridized carbons (Fsp3) is 0.600. The number of hydrogen-bond acceptors (Lipinski definition) is 9. The Bertz CT molecular complexity index is 467. The molecule has 1 atom stereocenters. The van der Waals surface area contributed by atoms with Crippen LogP contribution in [0.2, 0.25) is 0 Å². The first-order valence-electron chi connectivity index (χ1n) is 5.82. The lowest BCUT2D eigenvalue weighted by molar-refractivity contribution is -0.383. The van der Waals surface area contributed by atoms with E-state index < -0.39 is 10.5 Å². The molecule has 0 radical (unpaired) electrons. The van der Waals surface area contributed by atoms with Crippen molar-refractivity contribution in [3.8, 4) is 0 Å². The van der Waals surface area contributed by atoms with Gasteiger partial charge in [-0.1, -0.05) is 0 Å². The standard InChI is InChI=1S/C10H18N6O4/c1-10(17,3-4-20-2)5-12-8-7(16(18)19)9(15-11)14-6-13-8/h6,17H,3-5,11H2,1-2H3,(H2,12,13,14,15). The van der Waals surface area contributed by atoms with Gasteiger partial charge < -0.3 is 20.6 Å². The van der Waals surface area contributed by atoms with Crippen molar-refractivity contribution in [3.05, 3.63) is 16.4 Å². The summed E-state index contributed by atoms with van der Waals surface area (Å²) in [7, 11) is 1.53. The minimum Gasteiger partial charge on any atom is -0.388 e. The van der Waals surface area contributed by atoms with E-state index in [-0.39, 0.29) is 23.9 Å². The number of nitrogens with one attached hydrogen (secondary N) is 2. The molecule has 0 saturated heterocycles. The summed E-state index contributed by atoms with van der Waals surface area (Å²) in [4.78, 5) is 17.8. The molecule has 1 aromatic rings. The first kappa shape index (κ1) is 16.0. The van der Waals surface area contributed by atoms with Crippen LogP contribution in [0.4, 0.5) is 17.3 Å². The number of hydrazine groups is 1. The number of hydrogen-bond donors (Lipinski definition) is 4. The molecule has 1 rings (SSSR count). The number of ether oxygens (including phenoxy) is 1. The molecule has 0 bridgehead atoms. The van der Waals surface area contributed by atoms with Crippen LogP contribution in [0.5, 0.6) is 0 Å². The van der Waals surface area contributed by atoms with Gasteiger partial charge in [0.1, 0.15) is 6.33 Å². The van der Waals surface area contributed by atoms with Gasteiger partial charge in [-0.3, -0.25) is 10.1 Å². The third-order valence-corrected chi connectivity index (χ3v) is 2.62. The number of rotatable bonds is 8. The predicted octanol–water partition coefficient (Wildman–Crippen LogP) is -0.130. The van der Waals surface area contributed by atoms with Gasteiger partial charge in [0.2, 0.25) is 11.6 Å². The van der Waals surface area contributed by atoms with Crippen molar-refractivity contribution < 1.29 is 14.8 Å². The van der Waals surface area contributed by atoms with Crippen molar-refractivity contribution in [1.82, 2.24) is 9.97 Å². The maximum absolute atomic E-state index is 11.0. The summed E-state index contributed by atoms with van der Waals surface area (Å²) in [6.07, 6.45) is 1.51. The van der Waals surface area contributed by atoms with Crippen LogP contribution in [0.3, 0.4) is 0 Å². The normalized spacial score (nSPS) is 13.6. The summed E-state index contributed by atoms with van der Waals surface area (Å²) in [5.41, 5.74) is 0.664. The molecule has 0 aliphatic carbocycles. The van der Waals surface area contributed by atoms with E-state index in [0.717, 1.165) is 6.33 Å². The molecule has 0 aliphatic heterocycles. The van der Waals surface area contributed by atoms with Crippen LogP contribution in [0.1, 0.15) is 13.3 Å². The fourth-order valence-corrected chi connectivity index (χ4v) is 1.47. The molecule has 10 nitrogen and oxygen atoms in total. The van der Waals surface area contributed by atoms with Crippen molar-refractivity contribution >= 4 is 17.3 Å². The Kier molecular flexibility index (Phi) is 5.55. The lowest BCUT2D eigenvalue weighted by Crippen LogP contribution is -2.35. The maximum atomic E-state index is 11.0. The number of nitrogens with zero attached hydrogens (tertiary/aromatic N) is 3. The average molecular weight is 286 g/mol. The Labute approximate surface area is 115 Å². The highest BCUT2D eigenvalue weighted by molar-refractivity contribution is 5.68. The number of nitrogens with two attached hydrogens (primary N) is 1. The molecule has 1 heterocycles. The largest absolute Gasteiger partial charge is 0.388 e. The zero-order chi connectivity index (χ0) is 15.2. The van der Waals surface area contributed by atoms with Gasteiger partial charge in [-0.2, -0.15) is 0 Å². The van der Waals surface area contributed by atoms with Gasteiger partial charge in [0.15, 0.2) is 0 Å². The van der Waals surface area contributed by atoms with Crippen LogP contribution in [0, 0.1) is 10.1 Å². The maximum Gasteiger partial charge on any atom is 0.354 e. The Morgan fingerprint density at radius 2 is 2.20 bits per heavy atom. The quantitative estimate of drug-likeness (QED) is 0.291. The van der Waals surface area contributed by atoms with E-state index in [0.29, 0.717) is 13.0 Å². The molecule has 5 N–H and O–H groups in total. The highest BCUT2D eigenvalue weighted by atomic mass is 16.6. The minimum atomic E-state index is -1.09. The number of aromatic nitrogens is 2. The van der Waals surface area contributed by atoms with Gasteiger partial charge in [0.05, 0.1) is 10.5 Å². The second-order valence-corrected chi connectivity index (χ2v) is 4.41. The second kappa shape index (κ2) is 6.93. The third kappa shape index (κ3) is 4.26. The Balaban J connectivity index is 2.85. The van der Waals surface area contributed by atoms with E-state index in [1.165, 1.54) is 7.11 Å². The Morgan fingerprint density at radius 3 is 2.75 bits per heavy atom. The predicted molar refractivity (Wildman–Crippen MR) is 72.1 cm³/mol.